The van der Waals surface area contributed by atoms with E-state index in [1.165, 1.54) is 0 Å². The molecule has 0 saturated carbocycles. The van der Waals surface area contributed by atoms with Crippen molar-refractivity contribution in [2.24, 2.45) is 11.7 Å². The fourth-order valence-corrected chi connectivity index (χ4v) is 1.33. The second-order valence-electron chi connectivity index (χ2n) is 3.17. The monoisotopic (exact) mass is 177 g/mol. The first kappa shape index (κ1) is 9.88. The molecule has 5 nitrogen and oxygen atoms in total. The second kappa shape index (κ2) is 3.68. The maximum absolute atomic E-state index is 9.45. The van der Waals surface area contributed by atoms with Crippen LogP contribution in [0.1, 0.15) is 6.92 Å². The van der Waals surface area contributed by atoms with Crippen molar-refractivity contribution in [1.82, 2.24) is 0 Å². The highest BCUT2D eigenvalue weighted by Gasteiger charge is 2.39. The Morgan fingerprint density at radius 2 is 2.00 bits per heavy atom. The average molecular weight is 177 g/mol. The van der Waals surface area contributed by atoms with Crippen molar-refractivity contribution in [3.8, 4) is 0 Å². The summed E-state index contributed by atoms with van der Waals surface area (Å²) in [5, 5.41) is 27.4. The minimum absolute atomic E-state index is 0.272. The van der Waals surface area contributed by atoms with Crippen molar-refractivity contribution >= 4 is 0 Å². The zero-order valence-corrected chi connectivity index (χ0v) is 6.92. The van der Waals surface area contributed by atoms with Crippen molar-refractivity contribution in [3.05, 3.63) is 0 Å². The summed E-state index contributed by atoms with van der Waals surface area (Å²) in [4.78, 5) is 0. The van der Waals surface area contributed by atoms with Crippen molar-refractivity contribution < 1.29 is 20.1 Å². The lowest BCUT2D eigenvalue weighted by molar-refractivity contribution is -0.233. The number of hydrogen-bond acceptors (Lipinski definition) is 5. The first-order valence-electron chi connectivity index (χ1n) is 3.96. The van der Waals surface area contributed by atoms with E-state index >= 15 is 0 Å². The van der Waals surface area contributed by atoms with Gasteiger partial charge in [0.05, 0.1) is 18.8 Å². The lowest BCUT2D eigenvalue weighted by Crippen LogP contribution is -2.57. The summed E-state index contributed by atoms with van der Waals surface area (Å²) in [6, 6.07) is -0.595. The Balaban J connectivity index is 2.63. The first-order chi connectivity index (χ1) is 5.57. The minimum atomic E-state index is -1.10. The van der Waals surface area contributed by atoms with E-state index in [1.807, 2.05) is 0 Å². The summed E-state index contributed by atoms with van der Waals surface area (Å²) >= 11 is 0. The molecule has 1 rings (SSSR count). The maximum atomic E-state index is 9.45. The largest absolute Gasteiger partial charge is 0.394 e. The van der Waals surface area contributed by atoms with E-state index in [0.717, 1.165) is 0 Å². The van der Waals surface area contributed by atoms with Gasteiger partial charge in [-0.2, -0.15) is 0 Å². The summed E-state index contributed by atoms with van der Waals surface area (Å²) in [5.41, 5.74) is 5.51. The Kier molecular flexibility index (Phi) is 3.03. The molecule has 0 aromatic rings. The van der Waals surface area contributed by atoms with Crippen LogP contribution in [0.2, 0.25) is 0 Å². The highest BCUT2D eigenvalue weighted by atomic mass is 16.6. The van der Waals surface area contributed by atoms with Crippen molar-refractivity contribution in [2.45, 2.75) is 31.5 Å². The molecular weight excluding hydrogens is 162 g/mol. The molecule has 0 amide bonds. The molecule has 0 aromatic heterocycles. The third-order valence-corrected chi connectivity index (χ3v) is 2.35. The van der Waals surface area contributed by atoms with Gasteiger partial charge >= 0.3 is 0 Å². The van der Waals surface area contributed by atoms with E-state index < -0.39 is 24.5 Å². The van der Waals surface area contributed by atoms with Crippen LogP contribution in [0.5, 0.6) is 0 Å². The SMILES string of the molecule is C[C@H]1[C@H](O)[C@@H](CO)OC(O)[C@H]1N. The zero-order valence-electron chi connectivity index (χ0n) is 6.92. The molecule has 5 atom stereocenters. The number of aliphatic hydroxyl groups excluding tert-OH is 3. The number of nitrogens with two attached hydrogens (primary N) is 1. The van der Waals surface area contributed by atoms with Gasteiger partial charge in [0.2, 0.25) is 0 Å². The molecule has 1 aliphatic heterocycles. The predicted octanol–water partition coefficient (Wildman–Crippen LogP) is -1.98. The van der Waals surface area contributed by atoms with Crippen LogP contribution < -0.4 is 5.73 Å². The Bertz CT molecular complexity index is 150. The van der Waals surface area contributed by atoms with Gasteiger partial charge in [-0.25, -0.2) is 0 Å². The van der Waals surface area contributed by atoms with E-state index in [2.05, 4.69) is 0 Å². The second-order valence-corrected chi connectivity index (χ2v) is 3.17. The first-order valence-corrected chi connectivity index (χ1v) is 3.96. The van der Waals surface area contributed by atoms with Crippen LogP contribution in [0.25, 0.3) is 0 Å². The van der Waals surface area contributed by atoms with Crippen molar-refractivity contribution in [1.29, 1.82) is 0 Å². The zero-order chi connectivity index (χ0) is 9.30. The third kappa shape index (κ3) is 1.60. The maximum Gasteiger partial charge on any atom is 0.170 e. The van der Waals surface area contributed by atoms with Crippen LogP contribution in [0.4, 0.5) is 0 Å². The molecule has 0 radical (unpaired) electrons. The van der Waals surface area contributed by atoms with Crippen LogP contribution in [0.3, 0.4) is 0 Å². The molecule has 12 heavy (non-hydrogen) atoms. The normalized spacial score (nSPS) is 49.2. The lowest BCUT2D eigenvalue weighted by Gasteiger charge is -2.39. The van der Waals surface area contributed by atoms with Crippen molar-refractivity contribution in [3.63, 3.8) is 0 Å². The number of rotatable bonds is 1. The fourth-order valence-electron chi connectivity index (χ4n) is 1.33. The molecule has 0 aliphatic carbocycles. The van der Waals surface area contributed by atoms with Crippen molar-refractivity contribution in [2.75, 3.05) is 6.61 Å². The molecule has 0 bridgehead atoms. The van der Waals surface area contributed by atoms with Gasteiger partial charge in [-0.15, -0.1) is 0 Å². The van der Waals surface area contributed by atoms with Gasteiger partial charge < -0.3 is 25.8 Å². The molecule has 5 N–H and O–H groups in total. The molecule has 72 valence electrons. The summed E-state index contributed by atoms with van der Waals surface area (Å²) in [5.74, 6) is -0.272. The van der Waals surface area contributed by atoms with E-state index in [1.54, 1.807) is 6.92 Å². The lowest BCUT2D eigenvalue weighted by atomic mass is 9.90. The molecular formula is C7H15NO4. The molecule has 1 fully saturated rings. The van der Waals surface area contributed by atoms with E-state index in [9.17, 15) is 10.2 Å². The Hall–Kier alpha value is -0.200. The highest BCUT2D eigenvalue weighted by Crippen LogP contribution is 2.22. The quantitative estimate of drug-likeness (QED) is 0.372. The highest BCUT2D eigenvalue weighted by molar-refractivity contribution is 4.87. The average Bonchev–Trinajstić information content (AvgIpc) is 2.08. The van der Waals surface area contributed by atoms with Gasteiger partial charge in [-0.1, -0.05) is 6.92 Å². The molecule has 1 unspecified atom stereocenters. The van der Waals surface area contributed by atoms with Crippen LogP contribution in [0, 0.1) is 5.92 Å². The Labute approximate surface area is 70.8 Å². The molecule has 5 heteroatoms. The van der Waals surface area contributed by atoms with Crippen LogP contribution in [-0.4, -0.2) is 46.5 Å². The Morgan fingerprint density at radius 3 is 2.50 bits per heavy atom. The number of aliphatic hydroxyl groups is 3. The van der Waals surface area contributed by atoms with Crippen LogP contribution >= 0.6 is 0 Å². The van der Waals surface area contributed by atoms with E-state index in [0.29, 0.717) is 0 Å². The van der Waals surface area contributed by atoms with Gasteiger partial charge in [0.15, 0.2) is 6.29 Å². The summed E-state index contributed by atoms with van der Waals surface area (Å²) in [7, 11) is 0. The summed E-state index contributed by atoms with van der Waals surface area (Å²) < 4.78 is 4.86. The number of hydrogen-bond donors (Lipinski definition) is 4. The molecule has 0 spiro atoms. The van der Waals surface area contributed by atoms with Gasteiger partial charge in [0.25, 0.3) is 0 Å². The molecule has 1 aliphatic rings. The van der Waals surface area contributed by atoms with E-state index in [4.69, 9.17) is 15.6 Å². The predicted molar refractivity (Wildman–Crippen MR) is 41.1 cm³/mol. The minimum Gasteiger partial charge on any atom is -0.394 e. The van der Waals surface area contributed by atoms with Gasteiger partial charge in [-0.3, -0.25) is 0 Å². The Morgan fingerprint density at radius 1 is 1.42 bits per heavy atom. The van der Waals surface area contributed by atoms with Crippen LogP contribution in [-0.2, 0) is 4.74 Å². The van der Waals surface area contributed by atoms with Gasteiger partial charge in [0, 0.05) is 5.92 Å². The fraction of sp³-hybridized carbons (Fsp3) is 1.00. The number of ether oxygens (including phenoxy) is 1. The summed E-state index contributed by atoms with van der Waals surface area (Å²) in [6.07, 6.45) is -2.64. The van der Waals surface area contributed by atoms with Gasteiger partial charge in [0.1, 0.15) is 6.10 Å². The molecule has 1 heterocycles. The van der Waals surface area contributed by atoms with Gasteiger partial charge in [-0.05, 0) is 0 Å². The molecule has 0 aromatic carbocycles. The standard InChI is InChI=1S/C7H15NO4/c1-3-5(8)7(11)12-4(2-9)6(3)10/h3-7,9-11H,2,8H2,1H3/t3-,4-,5+,6+,7?/m1/s1. The molecule has 1 saturated heterocycles. The van der Waals surface area contributed by atoms with Crippen LogP contribution in [0.15, 0.2) is 0 Å². The summed E-state index contributed by atoms with van der Waals surface area (Å²) in [6.45, 7) is 1.40. The topological polar surface area (TPSA) is 95.9 Å². The van der Waals surface area contributed by atoms with E-state index in [-0.39, 0.29) is 12.5 Å². The third-order valence-electron chi connectivity index (χ3n) is 2.35. The smallest absolute Gasteiger partial charge is 0.170 e.